The van der Waals surface area contributed by atoms with Crippen LogP contribution in [0.4, 0.5) is 22.0 Å². The molecule has 0 aliphatic heterocycles. The minimum Gasteiger partial charge on any atom is -0.400 e. The van der Waals surface area contributed by atoms with E-state index in [1.807, 2.05) is 24.5 Å². The van der Waals surface area contributed by atoms with Gasteiger partial charge in [-0.05, 0) is 47.9 Å². The van der Waals surface area contributed by atoms with Crippen LogP contribution < -0.4 is 5.56 Å². The molecule has 3 aromatic rings. The number of hydrogen-bond acceptors (Lipinski definition) is 5. The molecule has 0 aliphatic carbocycles. The maximum atomic E-state index is 14.3. The number of benzene rings is 1. The lowest BCUT2D eigenvalue weighted by molar-refractivity contribution is -0.137. The third-order valence-electron chi connectivity index (χ3n) is 5.12. The van der Waals surface area contributed by atoms with Crippen LogP contribution in [0.2, 0.25) is 0 Å². The highest BCUT2D eigenvalue weighted by Crippen LogP contribution is 2.35. The van der Waals surface area contributed by atoms with Crippen molar-refractivity contribution in [1.29, 1.82) is 5.26 Å². The minimum absolute atomic E-state index is 0.110. The SMILES string of the molecule is C=C/C=C(\C=C/Cc1csc(-c2cc(C(F)(F)F)c(C#N)c(=O)n2Cc2ccc(F)cc2F)c1)SC.CO. The number of allylic oxidation sites excluding steroid dienone is 4. The lowest BCUT2D eigenvalue weighted by Gasteiger charge is -2.17. The van der Waals surface area contributed by atoms with Crippen LogP contribution in [0.1, 0.15) is 22.3 Å². The zero-order valence-electron chi connectivity index (χ0n) is 20.4. The molecule has 0 fully saturated rings. The second-order valence-electron chi connectivity index (χ2n) is 7.49. The first-order valence-electron chi connectivity index (χ1n) is 10.8. The van der Waals surface area contributed by atoms with E-state index in [4.69, 9.17) is 5.11 Å². The van der Waals surface area contributed by atoms with E-state index in [2.05, 4.69) is 6.58 Å². The number of aliphatic hydroxyl groups excluding tert-OH is 1. The number of thiophene rings is 1. The molecule has 200 valence electrons. The summed E-state index contributed by atoms with van der Waals surface area (Å²) in [5.74, 6) is -1.79. The number of nitriles is 1. The van der Waals surface area contributed by atoms with Crippen LogP contribution in [-0.4, -0.2) is 23.0 Å². The first-order chi connectivity index (χ1) is 18.1. The molecule has 0 saturated heterocycles. The summed E-state index contributed by atoms with van der Waals surface area (Å²) in [6, 6.07) is 6.41. The summed E-state index contributed by atoms with van der Waals surface area (Å²) in [5.41, 5.74) is -3.11. The lowest BCUT2D eigenvalue weighted by atomic mass is 10.1. The fourth-order valence-electron chi connectivity index (χ4n) is 3.40. The Hall–Kier alpha value is -3.46. The van der Waals surface area contributed by atoms with Gasteiger partial charge >= 0.3 is 6.18 Å². The van der Waals surface area contributed by atoms with Crippen molar-refractivity contribution in [2.24, 2.45) is 0 Å². The molecule has 0 aliphatic rings. The number of alkyl halides is 3. The van der Waals surface area contributed by atoms with Gasteiger partial charge < -0.3 is 9.67 Å². The van der Waals surface area contributed by atoms with E-state index in [1.165, 1.54) is 17.8 Å². The van der Waals surface area contributed by atoms with E-state index in [0.717, 1.165) is 51.7 Å². The number of aromatic nitrogens is 1. The maximum absolute atomic E-state index is 14.3. The third-order valence-corrected chi connectivity index (χ3v) is 6.87. The smallest absolute Gasteiger partial charge is 0.400 e. The van der Waals surface area contributed by atoms with Gasteiger partial charge in [-0.2, -0.15) is 18.4 Å². The topological polar surface area (TPSA) is 66.0 Å². The van der Waals surface area contributed by atoms with Gasteiger partial charge in [0.15, 0.2) is 0 Å². The van der Waals surface area contributed by atoms with Crippen molar-refractivity contribution in [2.75, 3.05) is 13.4 Å². The normalized spacial score (nSPS) is 11.7. The molecule has 4 nitrogen and oxygen atoms in total. The van der Waals surface area contributed by atoms with Crippen molar-refractivity contribution >= 4 is 23.1 Å². The Bertz CT molecular complexity index is 1450. The molecule has 0 spiro atoms. The summed E-state index contributed by atoms with van der Waals surface area (Å²) >= 11 is 2.64. The number of thioether (sulfide) groups is 1. The molecule has 38 heavy (non-hydrogen) atoms. The summed E-state index contributed by atoms with van der Waals surface area (Å²) in [7, 11) is 1.00. The number of halogens is 5. The third kappa shape index (κ3) is 7.54. The largest absolute Gasteiger partial charge is 0.417 e. The number of aliphatic hydroxyl groups is 1. The minimum atomic E-state index is -4.95. The number of rotatable bonds is 8. The number of hydrogen-bond donors (Lipinski definition) is 1. The van der Waals surface area contributed by atoms with Crippen LogP contribution in [0.25, 0.3) is 10.6 Å². The zero-order valence-corrected chi connectivity index (χ0v) is 22.0. The Morgan fingerprint density at radius 1 is 1.24 bits per heavy atom. The number of nitrogens with zero attached hydrogens (tertiary/aromatic N) is 2. The average molecular weight is 567 g/mol. The molecule has 3 rings (SSSR count). The molecular formula is C27H23F5N2O2S2. The quantitative estimate of drug-likeness (QED) is 0.237. The molecule has 1 aromatic carbocycles. The van der Waals surface area contributed by atoms with Crippen LogP contribution in [0, 0.1) is 23.0 Å². The Labute approximate surface area is 224 Å². The van der Waals surface area contributed by atoms with E-state index in [1.54, 1.807) is 17.5 Å². The first-order valence-corrected chi connectivity index (χ1v) is 12.9. The Balaban J connectivity index is 0.00000247. The van der Waals surface area contributed by atoms with Crippen molar-refractivity contribution in [3.63, 3.8) is 0 Å². The van der Waals surface area contributed by atoms with E-state index < -0.39 is 41.0 Å². The molecule has 2 heterocycles. The van der Waals surface area contributed by atoms with Crippen molar-refractivity contribution < 1.29 is 27.1 Å². The molecule has 1 N–H and O–H groups in total. The van der Waals surface area contributed by atoms with Crippen LogP contribution in [0.15, 0.2) is 76.3 Å². The summed E-state index contributed by atoms with van der Waals surface area (Å²) in [5, 5.41) is 18.1. The Kier molecular flexibility index (Phi) is 11.3. The summed E-state index contributed by atoms with van der Waals surface area (Å²) in [4.78, 5) is 14.3. The number of pyridine rings is 1. The van der Waals surface area contributed by atoms with Gasteiger partial charge in [0.05, 0.1) is 22.7 Å². The molecule has 0 amide bonds. The van der Waals surface area contributed by atoms with Gasteiger partial charge in [0.2, 0.25) is 0 Å². The van der Waals surface area contributed by atoms with Gasteiger partial charge in [-0.25, -0.2) is 8.78 Å². The summed E-state index contributed by atoms with van der Waals surface area (Å²) in [6.07, 6.45) is 4.71. The highest BCUT2D eigenvalue weighted by atomic mass is 32.2. The Morgan fingerprint density at radius 3 is 2.53 bits per heavy atom. The summed E-state index contributed by atoms with van der Waals surface area (Å²) < 4.78 is 69.7. The molecule has 0 saturated carbocycles. The van der Waals surface area contributed by atoms with Gasteiger partial charge in [0.25, 0.3) is 5.56 Å². The van der Waals surface area contributed by atoms with Gasteiger partial charge in [0.1, 0.15) is 23.3 Å². The van der Waals surface area contributed by atoms with E-state index in [-0.39, 0.29) is 11.3 Å². The van der Waals surface area contributed by atoms with Crippen LogP contribution in [-0.2, 0) is 19.1 Å². The summed E-state index contributed by atoms with van der Waals surface area (Å²) in [6.45, 7) is 3.17. The highest BCUT2D eigenvalue weighted by Gasteiger charge is 2.36. The standard InChI is InChI=1S/C26H19F5N2OS2.CH4O/c1-3-5-19(35-2)7-4-6-16-10-24(36-15-16)23-12-21(26(29,30)31)20(13-32)25(34)33(23)14-17-8-9-18(27)11-22(17)28;1-2/h3-5,7-12,15H,1,6,14H2,2H3;2H,1H3/b7-4-,19-5+;. The molecular weight excluding hydrogens is 543 g/mol. The molecule has 0 radical (unpaired) electrons. The monoisotopic (exact) mass is 566 g/mol. The molecule has 2 aromatic heterocycles. The predicted octanol–water partition coefficient (Wildman–Crippen LogP) is 6.93. The zero-order chi connectivity index (χ0) is 28.5. The van der Waals surface area contributed by atoms with E-state index >= 15 is 0 Å². The van der Waals surface area contributed by atoms with Gasteiger partial charge in [-0.3, -0.25) is 4.79 Å². The predicted molar refractivity (Wildman–Crippen MR) is 142 cm³/mol. The van der Waals surface area contributed by atoms with Crippen molar-refractivity contribution in [2.45, 2.75) is 19.1 Å². The van der Waals surface area contributed by atoms with Crippen LogP contribution >= 0.6 is 23.1 Å². The second-order valence-corrected chi connectivity index (χ2v) is 9.28. The van der Waals surface area contributed by atoms with Crippen molar-refractivity contribution in [3.05, 3.63) is 116 Å². The van der Waals surface area contributed by atoms with Gasteiger partial charge in [-0.15, -0.1) is 23.1 Å². The van der Waals surface area contributed by atoms with Crippen LogP contribution in [0.5, 0.6) is 0 Å². The Morgan fingerprint density at radius 2 is 1.95 bits per heavy atom. The average Bonchev–Trinajstić information content (AvgIpc) is 3.35. The molecule has 0 bridgehead atoms. The van der Waals surface area contributed by atoms with Crippen molar-refractivity contribution in [3.8, 4) is 16.6 Å². The fourth-order valence-corrected chi connectivity index (χ4v) is 4.81. The molecule has 11 heteroatoms. The second kappa shape index (κ2) is 13.9. The van der Waals surface area contributed by atoms with Gasteiger partial charge in [0, 0.05) is 23.6 Å². The fraction of sp³-hybridized carbons (Fsp3) is 0.185. The van der Waals surface area contributed by atoms with Crippen molar-refractivity contribution in [1.82, 2.24) is 4.57 Å². The van der Waals surface area contributed by atoms with Crippen LogP contribution in [0.3, 0.4) is 0 Å². The molecule has 0 unspecified atom stereocenters. The highest BCUT2D eigenvalue weighted by molar-refractivity contribution is 8.02. The lowest BCUT2D eigenvalue weighted by Crippen LogP contribution is -2.28. The first kappa shape index (κ1) is 30.8. The van der Waals surface area contributed by atoms with E-state index in [9.17, 15) is 32.0 Å². The molecule has 0 atom stereocenters. The van der Waals surface area contributed by atoms with Gasteiger partial charge in [-0.1, -0.05) is 30.9 Å². The maximum Gasteiger partial charge on any atom is 0.417 e. The van der Waals surface area contributed by atoms with E-state index in [0.29, 0.717) is 17.4 Å².